The number of esters is 3. The Morgan fingerprint density at radius 2 is 1.74 bits per heavy atom. The number of rotatable bonds is 5. The van der Waals surface area contributed by atoms with E-state index in [-0.39, 0.29) is 12.3 Å². The second kappa shape index (κ2) is 9.77. The number of imidazole rings is 1. The number of hydrogen-bond donors (Lipinski definition) is 0. The molecule has 0 N–H and O–H groups in total. The van der Waals surface area contributed by atoms with Crippen molar-refractivity contribution < 1.29 is 33.3 Å². The second-order valence-corrected chi connectivity index (χ2v) is 12.7. The Hall–Kier alpha value is -3.15. The van der Waals surface area contributed by atoms with Gasteiger partial charge in [0.15, 0.2) is 24.1 Å². The molecule has 1 aromatic heterocycles. The van der Waals surface area contributed by atoms with Gasteiger partial charge in [-0.25, -0.2) is 4.98 Å². The number of nitriles is 1. The Bertz CT molecular complexity index is 964. The topological polar surface area (TPSA) is 130 Å². The minimum Gasteiger partial charge on any atom is -0.463 e. The van der Waals surface area contributed by atoms with E-state index in [2.05, 4.69) is 16.4 Å². The van der Waals surface area contributed by atoms with E-state index in [4.69, 9.17) is 18.9 Å². The van der Waals surface area contributed by atoms with Gasteiger partial charge in [-0.1, -0.05) is 25.6 Å². The molecule has 0 radical (unpaired) electrons. The highest BCUT2D eigenvalue weighted by molar-refractivity contribution is 6.83. The molecule has 11 heteroatoms. The number of aromatic nitrogens is 2. The van der Waals surface area contributed by atoms with Crippen LogP contribution in [-0.2, 0) is 33.3 Å². The van der Waals surface area contributed by atoms with Gasteiger partial charge in [0.05, 0.1) is 6.33 Å². The molecular weight excluding hydrogens is 422 g/mol. The summed E-state index contributed by atoms with van der Waals surface area (Å²) in [6.45, 7) is 9.57. The molecule has 2 rings (SSSR count). The summed E-state index contributed by atoms with van der Waals surface area (Å²) in [4.78, 5) is 38.8. The van der Waals surface area contributed by atoms with Gasteiger partial charge in [-0.2, -0.15) is 5.26 Å². The molecule has 1 fully saturated rings. The van der Waals surface area contributed by atoms with Gasteiger partial charge in [-0.3, -0.25) is 19.0 Å². The number of carbonyl (C=O) groups excluding carboxylic acids is 3. The van der Waals surface area contributed by atoms with E-state index in [0.29, 0.717) is 5.69 Å². The summed E-state index contributed by atoms with van der Waals surface area (Å²) in [5.74, 6) is 1.20. The van der Waals surface area contributed by atoms with Gasteiger partial charge >= 0.3 is 17.9 Å². The lowest BCUT2D eigenvalue weighted by atomic mass is 10.1. The average Bonchev–Trinajstić information content (AvgIpc) is 3.18. The minimum atomic E-state index is -1.79. The summed E-state index contributed by atoms with van der Waals surface area (Å²) in [6.07, 6.45) is -2.68. The zero-order chi connectivity index (χ0) is 23.3. The Kier molecular flexibility index (Phi) is 7.60. The van der Waals surface area contributed by atoms with Crippen molar-refractivity contribution in [3.05, 3.63) is 17.7 Å². The van der Waals surface area contributed by atoms with Crippen molar-refractivity contribution in [2.24, 2.45) is 0 Å². The van der Waals surface area contributed by atoms with Crippen LogP contribution in [0.2, 0.25) is 19.6 Å². The van der Waals surface area contributed by atoms with E-state index in [0.717, 1.165) is 0 Å². The van der Waals surface area contributed by atoms with Gasteiger partial charge in [0.2, 0.25) is 0 Å². The first-order valence-electron chi connectivity index (χ1n) is 9.56. The van der Waals surface area contributed by atoms with Crippen LogP contribution < -0.4 is 0 Å². The molecule has 0 bridgehead atoms. The fourth-order valence-corrected chi connectivity index (χ4v) is 3.42. The van der Waals surface area contributed by atoms with E-state index >= 15 is 0 Å². The Balaban J connectivity index is 2.54. The molecule has 0 aromatic carbocycles. The zero-order valence-corrected chi connectivity index (χ0v) is 19.3. The predicted molar refractivity (Wildman–Crippen MR) is 109 cm³/mol. The van der Waals surface area contributed by atoms with Gasteiger partial charge < -0.3 is 18.9 Å². The van der Waals surface area contributed by atoms with Crippen molar-refractivity contribution in [1.82, 2.24) is 9.55 Å². The fourth-order valence-electron chi connectivity index (χ4n) is 2.92. The molecule has 0 spiro atoms. The summed E-state index contributed by atoms with van der Waals surface area (Å²) >= 11 is 0. The number of hydrogen-bond acceptors (Lipinski definition) is 9. The first-order chi connectivity index (χ1) is 14.4. The third-order valence-corrected chi connectivity index (χ3v) is 4.95. The van der Waals surface area contributed by atoms with E-state index in [1.54, 1.807) is 0 Å². The summed E-state index contributed by atoms with van der Waals surface area (Å²) in [6, 6.07) is 1.99. The molecule has 1 aromatic rings. The van der Waals surface area contributed by atoms with Crippen molar-refractivity contribution in [1.29, 1.82) is 5.26 Å². The molecule has 166 valence electrons. The summed E-state index contributed by atoms with van der Waals surface area (Å²) in [5, 5.41) is 9.45. The molecule has 1 aliphatic heterocycles. The molecule has 31 heavy (non-hydrogen) atoms. The maximum absolute atomic E-state index is 11.8. The molecule has 0 amide bonds. The van der Waals surface area contributed by atoms with Crippen LogP contribution >= 0.6 is 0 Å². The maximum Gasteiger partial charge on any atom is 0.303 e. The molecule has 4 atom stereocenters. The maximum atomic E-state index is 11.8. The van der Waals surface area contributed by atoms with E-state index in [1.807, 2.05) is 25.7 Å². The van der Waals surface area contributed by atoms with Gasteiger partial charge in [0.1, 0.15) is 32.5 Å². The first-order valence-corrected chi connectivity index (χ1v) is 13.1. The lowest BCUT2D eigenvalue weighted by molar-refractivity contribution is -0.166. The zero-order valence-electron chi connectivity index (χ0n) is 18.3. The second-order valence-electron chi connectivity index (χ2n) is 7.98. The molecule has 0 saturated carbocycles. The smallest absolute Gasteiger partial charge is 0.303 e. The van der Waals surface area contributed by atoms with Crippen LogP contribution in [0.1, 0.15) is 38.4 Å². The van der Waals surface area contributed by atoms with Crippen molar-refractivity contribution in [3.8, 4) is 17.5 Å². The highest BCUT2D eigenvalue weighted by Gasteiger charge is 2.51. The summed E-state index contributed by atoms with van der Waals surface area (Å²) in [5.41, 5.74) is 3.55. The Morgan fingerprint density at radius 3 is 2.26 bits per heavy atom. The van der Waals surface area contributed by atoms with Gasteiger partial charge in [0, 0.05) is 20.8 Å². The van der Waals surface area contributed by atoms with Gasteiger partial charge in [-0.05, 0) is 0 Å². The predicted octanol–water partition coefficient (Wildman–Crippen LogP) is 1.31. The number of carbonyl (C=O) groups is 3. The van der Waals surface area contributed by atoms with Crippen LogP contribution in [0.5, 0.6) is 0 Å². The van der Waals surface area contributed by atoms with Crippen LogP contribution in [-0.4, -0.2) is 60.5 Å². The Morgan fingerprint density at radius 1 is 1.13 bits per heavy atom. The van der Waals surface area contributed by atoms with Crippen molar-refractivity contribution in [2.45, 2.75) is 65.0 Å². The Labute approximate surface area is 181 Å². The molecular formula is C20H25N3O7Si. The average molecular weight is 448 g/mol. The molecule has 0 unspecified atom stereocenters. The van der Waals surface area contributed by atoms with E-state index < -0.39 is 50.5 Å². The lowest BCUT2D eigenvalue weighted by Crippen LogP contribution is -2.40. The SMILES string of the molecule is CC(=O)OC[C@H]1O[C@@H](n2cnc(C#N)c2C#C[Si](C)(C)C)[C@H](OC(C)=O)[C@@H]1OC(C)=O. The third kappa shape index (κ3) is 6.41. The van der Waals surface area contributed by atoms with E-state index in [1.165, 1.54) is 31.7 Å². The van der Waals surface area contributed by atoms with Crippen LogP contribution in [0.25, 0.3) is 0 Å². The lowest BCUT2D eigenvalue weighted by Gasteiger charge is -2.24. The standard InChI is InChI=1S/C20H25N3O7Si/c1-12(24)27-10-17-18(28-13(2)25)19(29-14(3)26)20(30-17)23-11-22-15(9-21)16(23)7-8-31(4,5)6/h11,17-20H,10H2,1-6H3/t17-,18-,19-,20-/m1/s1. The van der Waals surface area contributed by atoms with Crippen molar-refractivity contribution in [2.75, 3.05) is 6.61 Å². The van der Waals surface area contributed by atoms with Gasteiger partial charge in [0.25, 0.3) is 0 Å². The van der Waals surface area contributed by atoms with Crippen molar-refractivity contribution >= 4 is 26.0 Å². The first kappa shape index (κ1) is 24.1. The quantitative estimate of drug-likeness (QED) is 0.284. The largest absolute Gasteiger partial charge is 0.463 e. The monoisotopic (exact) mass is 447 g/mol. The number of nitrogens with zero attached hydrogens (tertiary/aromatic N) is 3. The summed E-state index contributed by atoms with van der Waals surface area (Å²) in [7, 11) is -1.79. The minimum absolute atomic E-state index is 0.0865. The normalized spacial score (nSPS) is 22.6. The molecule has 0 aliphatic carbocycles. The van der Waals surface area contributed by atoms with Crippen molar-refractivity contribution in [3.63, 3.8) is 0 Å². The van der Waals surface area contributed by atoms with Crippen LogP contribution in [0, 0.1) is 22.8 Å². The third-order valence-electron chi connectivity index (χ3n) is 4.07. The number of ether oxygens (including phenoxy) is 4. The fraction of sp³-hybridized carbons (Fsp3) is 0.550. The van der Waals surface area contributed by atoms with Crippen LogP contribution in [0.15, 0.2) is 6.33 Å². The van der Waals surface area contributed by atoms with E-state index in [9.17, 15) is 19.6 Å². The molecule has 1 saturated heterocycles. The van der Waals surface area contributed by atoms with Crippen LogP contribution in [0.4, 0.5) is 0 Å². The highest BCUT2D eigenvalue weighted by atomic mass is 28.3. The van der Waals surface area contributed by atoms with Gasteiger partial charge in [-0.15, -0.1) is 5.54 Å². The van der Waals surface area contributed by atoms with Crippen LogP contribution in [0.3, 0.4) is 0 Å². The highest BCUT2D eigenvalue weighted by Crippen LogP contribution is 2.35. The molecule has 1 aliphatic rings. The summed E-state index contributed by atoms with van der Waals surface area (Å²) < 4.78 is 23.3. The molecule has 2 heterocycles. The molecule has 10 nitrogen and oxygen atoms in total.